The summed E-state index contributed by atoms with van der Waals surface area (Å²) in [4.78, 5) is 5.44. The number of halogens is 1. The summed E-state index contributed by atoms with van der Waals surface area (Å²) in [6.45, 7) is 1.94. The number of thiophene rings is 1. The summed E-state index contributed by atoms with van der Waals surface area (Å²) in [5.74, 6) is 0. The van der Waals surface area contributed by atoms with Crippen molar-refractivity contribution >= 4 is 38.6 Å². The molecule has 0 aromatic carbocycles. The van der Waals surface area contributed by atoms with Crippen LogP contribution in [0.25, 0.3) is 0 Å². The number of hydrogen-bond donors (Lipinski definition) is 1. The molecule has 1 unspecified atom stereocenters. The van der Waals surface area contributed by atoms with Gasteiger partial charge in [-0.2, -0.15) is 0 Å². The van der Waals surface area contributed by atoms with Crippen LogP contribution in [0.1, 0.15) is 21.7 Å². The SMILES string of the molecule is Cc1csc(C(O)Cc2cc(Br)cs2)n1. The highest BCUT2D eigenvalue weighted by Gasteiger charge is 2.13. The van der Waals surface area contributed by atoms with E-state index in [1.165, 1.54) is 16.2 Å². The first-order chi connectivity index (χ1) is 7.15. The lowest BCUT2D eigenvalue weighted by Crippen LogP contribution is -1.99. The number of hydrogen-bond acceptors (Lipinski definition) is 4. The molecule has 80 valence electrons. The summed E-state index contributed by atoms with van der Waals surface area (Å²) in [6.07, 6.45) is 0.165. The molecular formula is C10H10BrNOS2. The van der Waals surface area contributed by atoms with Crippen LogP contribution in [0.15, 0.2) is 21.3 Å². The molecule has 0 spiro atoms. The number of nitrogens with zero attached hydrogens (tertiary/aromatic N) is 1. The topological polar surface area (TPSA) is 33.1 Å². The molecule has 0 saturated carbocycles. The number of aliphatic hydroxyl groups is 1. The van der Waals surface area contributed by atoms with Crippen molar-refractivity contribution in [3.05, 3.63) is 36.9 Å². The molecule has 2 aromatic rings. The van der Waals surface area contributed by atoms with Gasteiger partial charge in [0.25, 0.3) is 0 Å². The Morgan fingerprint density at radius 3 is 2.80 bits per heavy atom. The maximum Gasteiger partial charge on any atom is 0.122 e. The van der Waals surface area contributed by atoms with Crippen molar-refractivity contribution in [2.45, 2.75) is 19.4 Å². The average molecular weight is 304 g/mol. The van der Waals surface area contributed by atoms with E-state index in [2.05, 4.69) is 20.9 Å². The fourth-order valence-corrected chi connectivity index (χ4v) is 3.53. The second-order valence-corrected chi connectivity index (χ2v) is 6.08. The van der Waals surface area contributed by atoms with Crippen molar-refractivity contribution in [2.75, 3.05) is 0 Å². The molecule has 2 aromatic heterocycles. The van der Waals surface area contributed by atoms with E-state index in [1.54, 1.807) is 11.3 Å². The molecular weight excluding hydrogens is 294 g/mol. The monoisotopic (exact) mass is 303 g/mol. The van der Waals surface area contributed by atoms with Gasteiger partial charge in [0.05, 0.1) is 0 Å². The standard InChI is InChI=1S/C10H10BrNOS2/c1-6-4-15-10(12-6)9(13)3-8-2-7(11)5-14-8/h2,4-5,9,13H,3H2,1H3. The molecule has 0 fully saturated rings. The Labute approximate surface area is 105 Å². The number of aromatic nitrogens is 1. The third kappa shape index (κ3) is 2.87. The predicted octanol–water partition coefficient (Wildman–Crippen LogP) is 3.55. The maximum atomic E-state index is 9.94. The van der Waals surface area contributed by atoms with Crippen LogP contribution in [0.5, 0.6) is 0 Å². The minimum atomic E-state index is -0.478. The Kier molecular flexibility index (Phi) is 3.56. The molecule has 0 aliphatic rings. The normalized spacial score (nSPS) is 13.0. The van der Waals surface area contributed by atoms with E-state index in [0.717, 1.165) is 15.2 Å². The fraction of sp³-hybridized carbons (Fsp3) is 0.300. The maximum absolute atomic E-state index is 9.94. The number of thiazole rings is 1. The van der Waals surface area contributed by atoms with Crippen LogP contribution in [0, 0.1) is 6.92 Å². The first-order valence-electron chi connectivity index (χ1n) is 4.48. The van der Waals surface area contributed by atoms with Gasteiger partial charge < -0.3 is 5.11 Å². The van der Waals surface area contributed by atoms with Gasteiger partial charge in [-0.25, -0.2) is 4.98 Å². The third-order valence-electron chi connectivity index (χ3n) is 1.94. The van der Waals surface area contributed by atoms with Crippen LogP contribution >= 0.6 is 38.6 Å². The Balaban J connectivity index is 2.06. The van der Waals surface area contributed by atoms with E-state index >= 15 is 0 Å². The molecule has 1 atom stereocenters. The smallest absolute Gasteiger partial charge is 0.122 e. The zero-order valence-electron chi connectivity index (χ0n) is 8.11. The van der Waals surface area contributed by atoms with Crippen molar-refractivity contribution in [1.82, 2.24) is 4.98 Å². The molecule has 0 bridgehead atoms. The van der Waals surface area contributed by atoms with Gasteiger partial charge in [0.2, 0.25) is 0 Å². The van der Waals surface area contributed by atoms with Gasteiger partial charge in [-0.3, -0.25) is 0 Å². The highest BCUT2D eigenvalue weighted by atomic mass is 79.9. The van der Waals surface area contributed by atoms with Crippen LogP contribution in [0.2, 0.25) is 0 Å². The predicted molar refractivity (Wildman–Crippen MR) is 67.5 cm³/mol. The van der Waals surface area contributed by atoms with Gasteiger partial charge in [0.1, 0.15) is 11.1 Å². The third-order valence-corrected chi connectivity index (χ3v) is 4.72. The molecule has 0 radical (unpaired) electrons. The molecule has 0 aliphatic heterocycles. The fourth-order valence-electron chi connectivity index (χ4n) is 1.26. The van der Waals surface area contributed by atoms with Crippen LogP contribution in [-0.4, -0.2) is 10.1 Å². The second kappa shape index (κ2) is 4.74. The van der Waals surface area contributed by atoms with Gasteiger partial charge in [-0.1, -0.05) is 0 Å². The van der Waals surface area contributed by atoms with Gasteiger partial charge in [-0.15, -0.1) is 22.7 Å². The first kappa shape index (κ1) is 11.3. The molecule has 0 aliphatic carbocycles. The van der Waals surface area contributed by atoms with Crippen LogP contribution in [-0.2, 0) is 6.42 Å². The summed E-state index contributed by atoms with van der Waals surface area (Å²) in [5, 5.41) is 14.7. The van der Waals surface area contributed by atoms with Gasteiger partial charge in [0, 0.05) is 32.2 Å². The van der Waals surface area contributed by atoms with E-state index in [-0.39, 0.29) is 0 Å². The van der Waals surface area contributed by atoms with Crippen molar-refractivity contribution in [1.29, 1.82) is 0 Å². The summed E-state index contributed by atoms with van der Waals surface area (Å²) < 4.78 is 1.07. The Bertz CT molecular complexity index is 452. The van der Waals surface area contributed by atoms with Gasteiger partial charge in [-0.05, 0) is 28.9 Å². The van der Waals surface area contributed by atoms with E-state index in [9.17, 15) is 5.11 Å². The number of aryl methyl sites for hydroxylation is 1. The zero-order chi connectivity index (χ0) is 10.8. The Hall–Kier alpha value is -0.230. The number of rotatable bonds is 3. The van der Waals surface area contributed by atoms with E-state index in [4.69, 9.17) is 0 Å². The Morgan fingerprint density at radius 2 is 2.27 bits per heavy atom. The van der Waals surface area contributed by atoms with E-state index in [0.29, 0.717) is 6.42 Å². The van der Waals surface area contributed by atoms with Crippen molar-refractivity contribution in [3.8, 4) is 0 Å². The molecule has 15 heavy (non-hydrogen) atoms. The zero-order valence-corrected chi connectivity index (χ0v) is 11.3. The van der Waals surface area contributed by atoms with E-state index in [1.807, 2.05) is 23.8 Å². The van der Waals surface area contributed by atoms with Crippen molar-refractivity contribution < 1.29 is 5.11 Å². The summed E-state index contributed by atoms with van der Waals surface area (Å²) >= 11 is 6.56. The average Bonchev–Trinajstić information content (AvgIpc) is 2.75. The molecule has 2 rings (SSSR count). The molecule has 0 amide bonds. The highest BCUT2D eigenvalue weighted by molar-refractivity contribution is 9.10. The second-order valence-electron chi connectivity index (χ2n) is 3.28. The van der Waals surface area contributed by atoms with Gasteiger partial charge >= 0.3 is 0 Å². The van der Waals surface area contributed by atoms with Crippen molar-refractivity contribution in [2.24, 2.45) is 0 Å². The lowest BCUT2D eigenvalue weighted by atomic mass is 10.2. The minimum Gasteiger partial charge on any atom is -0.386 e. The summed E-state index contributed by atoms with van der Waals surface area (Å²) in [6, 6.07) is 2.04. The molecule has 5 heteroatoms. The van der Waals surface area contributed by atoms with Crippen LogP contribution in [0.3, 0.4) is 0 Å². The van der Waals surface area contributed by atoms with Crippen LogP contribution < -0.4 is 0 Å². The molecule has 2 heterocycles. The number of aliphatic hydroxyl groups excluding tert-OH is 1. The van der Waals surface area contributed by atoms with E-state index < -0.39 is 6.10 Å². The first-order valence-corrected chi connectivity index (χ1v) is 7.03. The minimum absolute atomic E-state index is 0.478. The van der Waals surface area contributed by atoms with Crippen molar-refractivity contribution in [3.63, 3.8) is 0 Å². The molecule has 0 saturated heterocycles. The largest absolute Gasteiger partial charge is 0.386 e. The summed E-state index contributed by atoms with van der Waals surface area (Å²) in [7, 11) is 0. The lowest BCUT2D eigenvalue weighted by Gasteiger charge is -2.04. The highest BCUT2D eigenvalue weighted by Crippen LogP contribution is 2.26. The summed E-state index contributed by atoms with van der Waals surface area (Å²) in [5.41, 5.74) is 0.974. The van der Waals surface area contributed by atoms with Gasteiger partial charge in [0.15, 0.2) is 0 Å². The quantitative estimate of drug-likeness (QED) is 0.940. The molecule has 1 N–H and O–H groups in total. The molecule has 2 nitrogen and oxygen atoms in total. The lowest BCUT2D eigenvalue weighted by molar-refractivity contribution is 0.179. The van der Waals surface area contributed by atoms with Crippen LogP contribution in [0.4, 0.5) is 0 Å². The Morgan fingerprint density at radius 1 is 1.47 bits per heavy atom.